The monoisotopic (exact) mass is 462 g/mol. The topological polar surface area (TPSA) is 76.6 Å². The van der Waals surface area contributed by atoms with Crippen LogP contribution in [0.4, 0.5) is 10.6 Å². The van der Waals surface area contributed by atoms with Gasteiger partial charge in [0, 0.05) is 36.7 Å². The molecule has 1 aromatic heterocycles. The molecule has 9 heteroatoms. The fraction of sp³-hybridized carbons (Fsp3) is 0.522. The third-order valence-corrected chi connectivity index (χ3v) is 6.60. The number of aromatic nitrogens is 2. The van der Waals surface area contributed by atoms with Gasteiger partial charge in [-0.25, -0.2) is 9.78 Å². The van der Waals surface area contributed by atoms with E-state index < -0.39 is 17.3 Å². The van der Waals surface area contributed by atoms with E-state index >= 15 is 0 Å². The van der Waals surface area contributed by atoms with Crippen LogP contribution in [0.3, 0.4) is 0 Å². The minimum Gasteiger partial charge on any atom is -0.759 e. The molecule has 2 saturated heterocycles. The zero-order valence-electron chi connectivity index (χ0n) is 19.0. The summed E-state index contributed by atoms with van der Waals surface area (Å²) in [7, 11) is 0. The van der Waals surface area contributed by atoms with Crippen molar-refractivity contribution in [3.63, 3.8) is 0 Å². The molecule has 5 rings (SSSR count). The average molecular weight is 463 g/mol. The van der Waals surface area contributed by atoms with Crippen molar-refractivity contribution in [2.45, 2.75) is 80.8 Å². The number of anilines is 1. The van der Waals surface area contributed by atoms with Crippen LogP contribution in [0.2, 0.25) is 0 Å². The summed E-state index contributed by atoms with van der Waals surface area (Å²) < 4.78 is 12.2. The molecule has 0 saturated carbocycles. The van der Waals surface area contributed by atoms with Gasteiger partial charge in [0.1, 0.15) is 28.8 Å². The molecule has 7 nitrogen and oxygen atoms in total. The van der Waals surface area contributed by atoms with Crippen LogP contribution >= 0.6 is 0 Å². The number of hydrogen-bond acceptors (Lipinski definition) is 7. The Morgan fingerprint density at radius 2 is 1.88 bits per heavy atom. The number of alkyl carbamates (subject to hydrolysis) is 1. The maximum atomic E-state index is 12.7. The van der Waals surface area contributed by atoms with E-state index in [1.807, 2.05) is 45.0 Å². The molecule has 4 heterocycles. The number of nitrogens with zero attached hydrogens (tertiary/aromatic N) is 3. The third kappa shape index (κ3) is 4.30. The zero-order valence-corrected chi connectivity index (χ0v) is 21.8. The van der Waals surface area contributed by atoms with Crippen LogP contribution in [0.25, 0.3) is 0 Å². The predicted octanol–water partition coefficient (Wildman–Crippen LogP) is 0.915. The quantitative estimate of drug-likeness (QED) is 0.525. The van der Waals surface area contributed by atoms with Gasteiger partial charge in [0.05, 0.1) is 6.20 Å². The first kappa shape index (κ1) is 23.5. The van der Waals surface area contributed by atoms with Crippen molar-refractivity contribution in [3.05, 3.63) is 42.2 Å². The summed E-state index contributed by atoms with van der Waals surface area (Å²) in [4.78, 5) is 23.9. The van der Waals surface area contributed by atoms with Crippen molar-refractivity contribution in [1.29, 1.82) is 0 Å². The van der Waals surface area contributed by atoms with Gasteiger partial charge in [-0.1, -0.05) is 23.2 Å². The molecule has 164 valence electrons. The van der Waals surface area contributed by atoms with E-state index in [-0.39, 0.29) is 47.7 Å². The molecule has 3 aliphatic heterocycles. The van der Waals surface area contributed by atoms with Gasteiger partial charge in [-0.15, -0.1) is 0 Å². The van der Waals surface area contributed by atoms with Gasteiger partial charge >= 0.3 is 35.7 Å². The largest absolute Gasteiger partial charge is 1.00 e. The average Bonchev–Trinajstić information content (AvgIpc) is 3.13. The molecule has 0 aliphatic carbocycles. The summed E-state index contributed by atoms with van der Waals surface area (Å²) in [5, 5.41) is 3.64. The minimum absolute atomic E-state index is 0. The maximum Gasteiger partial charge on any atom is 1.00 e. The van der Waals surface area contributed by atoms with E-state index in [1.54, 1.807) is 12.4 Å². The van der Waals surface area contributed by atoms with Crippen LogP contribution in [0, 0.1) is 0 Å². The van der Waals surface area contributed by atoms with Crippen molar-refractivity contribution < 1.29 is 43.8 Å². The van der Waals surface area contributed by atoms with Gasteiger partial charge < -0.3 is 32.3 Å². The number of fused-ring (bicyclic) bond motifs is 3. The number of carbonyl (C=O) groups is 1. The number of ether oxygens (including phenoxy) is 2. The van der Waals surface area contributed by atoms with Gasteiger partial charge in [0.15, 0.2) is 0 Å². The number of hydrogen-bond donors (Lipinski definition) is 1. The molecule has 1 N–H and O–H groups in total. The summed E-state index contributed by atoms with van der Waals surface area (Å²) >= 11 is 5.10. The van der Waals surface area contributed by atoms with Crippen LogP contribution in [0.1, 0.15) is 58.1 Å². The molecule has 0 unspecified atom stereocenters. The molecule has 0 radical (unpaired) electrons. The predicted molar refractivity (Wildman–Crippen MR) is 118 cm³/mol. The minimum atomic E-state index is -0.561. The Morgan fingerprint density at radius 3 is 2.50 bits per heavy atom. The fourth-order valence-electron chi connectivity index (χ4n) is 5.39. The second-order valence-corrected chi connectivity index (χ2v) is 10.1. The summed E-state index contributed by atoms with van der Waals surface area (Å²) in [6.07, 6.45) is 6.69. The number of amides is 1. The zero-order chi connectivity index (χ0) is 21.8. The number of para-hydroxylation sites is 1. The summed E-state index contributed by atoms with van der Waals surface area (Å²) in [5.41, 5.74) is -0.0564. The van der Waals surface area contributed by atoms with Crippen LogP contribution in [0.15, 0.2) is 41.7 Å². The van der Waals surface area contributed by atoms with Gasteiger partial charge in [0.25, 0.3) is 0 Å². The second kappa shape index (κ2) is 8.63. The standard InChI is InChI=1S/C23H28N4O3S.Na/c1-22(2,3)30-21(28)26-20-16-6-4-5-7-17(16)29-23(20)10-14-8-9-15(11-23)27(14)18-12-25-19(31)13-24-18;/h4-7,12-15,20H,8-11H2,1-3H3,(H,25,31)(H,26,28);/q;+1/p-1/t14-,15+,20-,23+;/m1./s1. The van der Waals surface area contributed by atoms with Gasteiger partial charge in [-0.05, 0) is 39.7 Å². The number of benzene rings is 1. The molecule has 32 heavy (non-hydrogen) atoms. The number of rotatable bonds is 2. The van der Waals surface area contributed by atoms with E-state index in [0.717, 1.165) is 42.8 Å². The molecule has 1 spiro atoms. The SMILES string of the molecule is CC(C)(C)OC(=O)N[C@@H]1c2ccccc2O[C@]12C[C@H]1CC[C@@H](C2)N1c1cnc([S-])cn1.[Na+]. The molecule has 1 amide bonds. The van der Waals surface area contributed by atoms with Gasteiger partial charge in [-0.3, -0.25) is 4.98 Å². The summed E-state index contributed by atoms with van der Waals surface area (Å²) in [5.74, 6) is 1.70. The van der Waals surface area contributed by atoms with Crippen molar-refractivity contribution in [2.75, 3.05) is 4.90 Å². The first-order chi connectivity index (χ1) is 14.7. The van der Waals surface area contributed by atoms with E-state index in [0.29, 0.717) is 5.03 Å². The second-order valence-electron chi connectivity index (χ2n) is 9.70. The van der Waals surface area contributed by atoms with Gasteiger partial charge in [0.2, 0.25) is 0 Å². The number of carbonyl (C=O) groups excluding carboxylic acids is 1. The Hall–Kier alpha value is -1.61. The van der Waals surface area contributed by atoms with E-state index in [2.05, 4.69) is 20.2 Å². The van der Waals surface area contributed by atoms with Crippen molar-refractivity contribution in [1.82, 2.24) is 15.3 Å². The fourth-order valence-corrected chi connectivity index (χ4v) is 5.49. The Balaban J connectivity index is 0.00000245. The Morgan fingerprint density at radius 1 is 1.19 bits per heavy atom. The van der Waals surface area contributed by atoms with Crippen molar-refractivity contribution in [3.8, 4) is 5.75 Å². The summed E-state index contributed by atoms with van der Waals surface area (Å²) in [6.45, 7) is 5.61. The number of piperidine rings is 1. The molecule has 2 fully saturated rings. The molecule has 1 aromatic carbocycles. The Bertz CT molecular complexity index is 983. The Kier molecular flexibility index (Phi) is 6.35. The molecular formula is C23H27N4NaO3S. The van der Waals surface area contributed by atoms with E-state index in [1.165, 1.54) is 0 Å². The summed E-state index contributed by atoms with van der Waals surface area (Å²) in [6, 6.07) is 8.25. The van der Waals surface area contributed by atoms with Crippen molar-refractivity contribution in [2.24, 2.45) is 0 Å². The normalized spacial score (nSPS) is 28.0. The van der Waals surface area contributed by atoms with E-state index in [4.69, 9.17) is 22.1 Å². The van der Waals surface area contributed by atoms with Crippen LogP contribution in [0.5, 0.6) is 5.75 Å². The molecule has 4 atom stereocenters. The van der Waals surface area contributed by atoms with Crippen LogP contribution in [-0.4, -0.2) is 39.3 Å². The third-order valence-electron chi connectivity index (χ3n) is 6.39. The first-order valence-electron chi connectivity index (χ1n) is 10.8. The molecule has 2 bridgehead atoms. The number of nitrogens with one attached hydrogen (secondary N) is 1. The molecule has 3 aliphatic rings. The van der Waals surface area contributed by atoms with Crippen LogP contribution in [-0.2, 0) is 17.4 Å². The van der Waals surface area contributed by atoms with E-state index in [9.17, 15) is 4.79 Å². The van der Waals surface area contributed by atoms with Gasteiger partial charge in [-0.2, -0.15) is 0 Å². The maximum absolute atomic E-state index is 12.7. The molecule has 2 aromatic rings. The van der Waals surface area contributed by atoms with Crippen molar-refractivity contribution >= 4 is 24.5 Å². The smallest absolute Gasteiger partial charge is 0.759 e. The Labute approximate surface area is 216 Å². The van der Waals surface area contributed by atoms with Crippen LogP contribution < -0.4 is 44.5 Å². The first-order valence-corrected chi connectivity index (χ1v) is 11.2. The molecular weight excluding hydrogens is 435 g/mol.